The molecule has 1 aromatic carbocycles. The minimum Gasteiger partial charge on any atom is -0.493 e. The molecule has 0 saturated heterocycles. The third kappa shape index (κ3) is 5.35. The van der Waals surface area contributed by atoms with Crippen molar-refractivity contribution in [2.24, 2.45) is 5.92 Å². The highest BCUT2D eigenvalue weighted by molar-refractivity contribution is 5.44. The third-order valence-electron chi connectivity index (χ3n) is 3.68. The lowest BCUT2D eigenvalue weighted by molar-refractivity contribution is -0.0230. The van der Waals surface area contributed by atoms with Gasteiger partial charge in [0, 0.05) is 6.61 Å². The largest absolute Gasteiger partial charge is 0.493 e. The Labute approximate surface area is 130 Å². The average Bonchev–Trinajstić information content (AvgIpc) is 2.37. The molecule has 0 unspecified atom stereocenters. The molecule has 1 aromatic rings. The van der Waals surface area contributed by atoms with Gasteiger partial charge in [0.05, 0.1) is 12.2 Å². The Morgan fingerprint density at radius 3 is 2.14 bits per heavy atom. The van der Waals surface area contributed by atoms with Gasteiger partial charge in [0.1, 0.15) is 5.75 Å². The minimum absolute atomic E-state index is 0.249. The monoisotopic (exact) mass is 292 g/mol. The summed E-state index contributed by atoms with van der Waals surface area (Å²) >= 11 is 0. The predicted octanol–water partition coefficient (Wildman–Crippen LogP) is 5.39. The summed E-state index contributed by atoms with van der Waals surface area (Å²) < 4.78 is 12.0. The molecule has 0 atom stereocenters. The van der Waals surface area contributed by atoms with E-state index >= 15 is 0 Å². The van der Waals surface area contributed by atoms with Crippen LogP contribution in [0.2, 0.25) is 0 Å². The second-order valence-corrected chi connectivity index (χ2v) is 6.86. The summed E-state index contributed by atoms with van der Waals surface area (Å²) in [7, 11) is 0. The molecule has 0 aromatic heterocycles. The fourth-order valence-corrected chi connectivity index (χ4v) is 2.33. The fraction of sp³-hybridized carbons (Fsp3) is 0.684. The second kappa shape index (κ2) is 7.84. The van der Waals surface area contributed by atoms with Crippen LogP contribution in [0.4, 0.5) is 0 Å². The standard InChI is InChI=1S/C19H32O2/c1-8-9-10-21-19(6,7)17-11-15(4)18(16(5)12-17)20-13-14(2)3/h11-12,14H,8-10,13H2,1-7H3. The lowest BCUT2D eigenvalue weighted by atomic mass is 9.93. The zero-order chi connectivity index (χ0) is 16.0. The first-order valence-corrected chi connectivity index (χ1v) is 8.16. The highest BCUT2D eigenvalue weighted by Gasteiger charge is 2.23. The van der Waals surface area contributed by atoms with E-state index in [9.17, 15) is 0 Å². The van der Waals surface area contributed by atoms with Gasteiger partial charge in [-0.1, -0.05) is 27.2 Å². The first-order chi connectivity index (χ1) is 9.77. The molecule has 0 radical (unpaired) electrons. The Bertz CT molecular complexity index is 424. The van der Waals surface area contributed by atoms with Gasteiger partial charge in [-0.25, -0.2) is 0 Å². The summed E-state index contributed by atoms with van der Waals surface area (Å²) in [5.74, 6) is 1.56. The number of aryl methyl sites for hydroxylation is 2. The molecule has 21 heavy (non-hydrogen) atoms. The van der Waals surface area contributed by atoms with Gasteiger partial charge in [-0.2, -0.15) is 0 Å². The lowest BCUT2D eigenvalue weighted by Crippen LogP contribution is -2.23. The lowest BCUT2D eigenvalue weighted by Gasteiger charge is -2.27. The van der Waals surface area contributed by atoms with Crippen molar-refractivity contribution in [1.29, 1.82) is 0 Å². The maximum Gasteiger partial charge on any atom is 0.125 e. The van der Waals surface area contributed by atoms with E-state index in [0.717, 1.165) is 31.8 Å². The second-order valence-electron chi connectivity index (χ2n) is 6.86. The molecular weight excluding hydrogens is 260 g/mol. The van der Waals surface area contributed by atoms with Gasteiger partial charge in [-0.05, 0) is 68.9 Å². The number of hydrogen-bond acceptors (Lipinski definition) is 2. The van der Waals surface area contributed by atoms with E-state index in [4.69, 9.17) is 9.47 Å². The summed E-state index contributed by atoms with van der Waals surface area (Å²) in [5, 5.41) is 0. The fourth-order valence-electron chi connectivity index (χ4n) is 2.33. The quantitative estimate of drug-likeness (QED) is 0.598. The van der Waals surface area contributed by atoms with Gasteiger partial charge >= 0.3 is 0 Å². The Kier molecular flexibility index (Phi) is 6.73. The van der Waals surface area contributed by atoms with Gasteiger partial charge in [0.15, 0.2) is 0 Å². The van der Waals surface area contributed by atoms with Gasteiger partial charge in [-0.3, -0.25) is 0 Å². The number of hydrogen-bond donors (Lipinski definition) is 0. The van der Waals surface area contributed by atoms with Gasteiger partial charge in [0.25, 0.3) is 0 Å². The molecule has 0 bridgehead atoms. The zero-order valence-corrected chi connectivity index (χ0v) is 14.9. The van der Waals surface area contributed by atoms with Crippen LogP contribution in [0.5, 0.6) is 5.75 Å². The summed E-state index contributed by atoms with van der Waals surface area (Å²) in [4.78, 5) is 0. The van der Waals surface area contributed by atoms with E-state index in [2.05, 4.69) is 60.6 Å². The van der Waals surface area contributed by atoms with Crippen LogP contribution in [-0.4, -0.2) is 13.2 Å². The molecule has 0 aliphatic rings. The minimum atomic E-state index is -0.249. The van der Waals surface area contributed by atoms with E-state index in [1.165, 1.54) is 16.7 Å². The Balaban J connectivity index is 2.90. The maximum atomic E-state index is 6.06. The van der Waals surface area contributed by atoms with Gasteiger partial charge in [-0.15, -0.1) is 0 Å². The van der Waals surface area contributed by atoms with Crippen molar-refractivity contribution in [1.82, 2.24) is 0 Å². The molecule has 0 amide bonds. The summed E-state index contributed by atoms with van der Waals surface area (Å²) in [6.45, 7) is 16.6. The molecule has 0 fully saturated rings. The first kappa shape index (κ1) is 18.0. The van der Waals surface area contributed by atoms with Crippen LogP contribution >= 0.6 is 0 Å². The molecule has 0 aliphatic carbocycles. The van der Waals surface area contributed by atoms with Crippen molar-refractivity contribution < 1.29 is 9.47 Å². The topological polar surface area (TPSA) is 18.5 Å². The van der Waals surface area contributed by atoms with E-state index in [1.807, 2.05) is 0 Å². The molecule has 0 spiro atoms. The summed E-state index contributed by atoms with van der Waals surface area (Å²) in [5.41, 5.74) is 3.36. The predicted molar refractivity (Wildman–Crippen MR) is 90.1 cm³/mol. The van der Waals surface area contributed by atoms with Crippen molar-refractivity contribution in [3.05, 3.63) is 28.8 Å². The van der Waals surface area contributed by atoms with Crippen molar-refractivity contribution >= 4 is 0 Å². The van der Waals surface area contributed by atoms with E-state index < -0.39 is 0 Å². The first-order valence-electron chi connectivity index (χ1n) is 8.16. The Hall–Kier alpha value is -1.02. The Morgan fingerprint density at radius 2 is 1.67 bits per heavy atom. The van der Waals surface area contributed by atoms with Crippen molar-refractivity contribution in [2.75, 3.05) is 13.2 Å². The molecule has 0 N–H and O–H groups in total. The van der Waals surface area contributed by atoms with Crippen LogP contribution in [0.15, 0.2) is 12.1 Å². The SMILES string of the molecule is CCCCOC(C)(C)c1cc(C)c(OCC(C)C)c(C)c1. The highest BCUT2D eigenvalue weighted by atomic mass is 16.5. The highest BCUT2D eigenvalue weighted by Crippen LogP contribution is 2.32. The van der Waals surface area contributed by atoms with Crippen LogP contribution < -0.4 is 4.74 Å². The van der Waals surface area contributed by atoms with Crippen LogP contribution in [0.1, 0.15) is 64.2 Å². The van der Waals surface area contributed by atoms with Crippen LogP contribution in [0.25, 0.3) is 0 Å². The smallest absolute Gasteiger partial charge is 0.125 e. The molecule has 120 valence electrons. The number of rotatable bonds is 8. The van der Waals surface area contributed by atoms with Crippen molar-refractivity contribution in [3.63, 3.8) is 0 Å². The molecule has 2 heteroatoms. The molecule has 2 nitrogen and oxygen atoms in total. The average molecular weight is 292 g/mol. The normalized spacial score (nSPS) is 12.0. The van der Waals surface area contributed by atoms with Gasteiger partial charge in [0.2, 0.25) is 0 Å². The number of unbranched alkanes of at least 4 members (excludes halogenated alkanes) is 1. The zero-order valence-electron chi connectivity index (χ0n) is 14.9. The Morgan fingerprint density at radius 1 is 1.10 bits per heavy atom. The van der Waals surface area contributed by atoms with Gasteiger partial charge < -0.3 is 9.47 Å². The summed E-state index contributed by atoms with van der Waals surface area (Å²) in [6, 6.07) is 4.41. The van der Waals surface area contributed by atoms with E-state index in [0.29, 0.717) is 5.92 Å². The molecular formula is C19H32O2. The van der Waals surface area contributed by atoms with E-state index in [-0.39, 0.29) is 5.60 Å². The summed E-state index contributed by atoms with van der Waals surface area (Å²) in [6.07, 6.45) is 2.27. The maximum absolute atomic E-state index is 6.06. The van der Waals surface area contributed by atoms with E-state index in [1.54, 1.807) is 0 Å². The molecule has 1 rings (SSSR count). The molecule has 0 aliphatic heterocycles. The van der Waals surface area contributed by atoms with Crippen molar-refractivity contribution in [3.8, 4) is 5.75 Å². The number of benzene rings is 1. The van der Waals surface area contributed by atoms with Crippen molar-refractivity contribution in [2.45, 2.75) is 66.9 Å². The van der Waals surface area contributed by atoms with Crippen LogP contribution in [-0.2, 0) is 10.3 Å². The number of ether oxygens (including phenoxy) is 2. The third-order valence-corrected chi connectivity index (χ3v) is 3.68. The molecule has 0 saturated carbocycles. The molecule has 0 heterocycles. The van der Waals surface area contributed by atoms with Crippen LogP contribution in [0, 0.1) is 19.8 Å². The van der Waals surface area contributed by atoms with Crippen LogP contribution in [0.3, 0.4) is 0 Å².